The van der Waals surface area contributed by atoms with Gasteiger partial charge in [0.25, 0.3) is 0 Å². The standard InChI is InChI=1S/C21H31N3O7/c1-3-9-23(12-19(26)27)11-17(24(13-20(28)29)14-21(30)31)10-15-5-7-16(8-6-15)22-18(25)4-2/h5-8,17H,3-4,9-14H2,1-2H3,(H,22,25)(H,26,27)(H,28,29)(H,30,31). The number of carbonyl (C=O) groups excluding carboxylic acids is 1. The van der Waals surface area contributed by atoms with Crippen LogP contribution in [0.25, 0.3) is 0 Å². The van der Waals surface area contributed by atoms with Gasteiger partial charge in [-0.25, -0.2) is 0 Å². The molecule has 0 radical (unpaired) electrons. The van der Waals surface area contributed by atoms with Gasteiger partial charge >= 0.3 is 17.9 Å². The van der Waals surface area contributed by atoms with E-state index in [-0.39, 0.29) is 19.0 Å². The summed E-state index contributed by atoms with van der Waals surface area (Å²) in [5.41, 5.74) is 1.44. The summed E-state index contributed by atoms with van der Waals surface area (Å²) in [5, 5.41) is 30.4. The zero-order chi connectivity index (χ0) is 23.4. The normalized spacial score (nSPS) is 12.0. The van der Waals surface area contributed by atoms with Crippen LogP contribution in [-0.2, 0) is 25.6 Å². The highest BCUT2D eigenvalue weighted by Crippen LogP contribution is 2.15. The molecule has 10 nitrogen and oxygen atoms in total. The van der Waals surface area contributed by atoms with Gasteiger partial charge in [-0.2, -0.15) is 0 Å². The molecule has 0 aliphatic rings. The van der Waals surface area contributed by atoms with Crippen LogP contribution in [-0.4, -0.2) is 87.7 Å². The van der Waals surface area contributed by atoms with Crippen LogP contribution in [0.3, 0.4) is 0 Å². The molecule has 1 unspecified atom stereocenters. The number of carboxylic acid groups (broad SMARTS) is 3. The Morgan fingerprint density at radius 2 is 1.45 bits per heavy atom. The molecule has 31 heavy (non-hydrogen) atoms. The van der Waals surface area contributed by atoms with Crippen molar-refractivity contribution in [2.24, 2.45) is 0 Å². The van der Waals surface area contributed by atoms with Gasteiger partial charge in [-0.1, -0.05) is 26.0 Å². The van der Waals surface area contributed by atoms with Gasteiger partial charge in [0.05, 0.1) is 19.6 Å². The number of nitrogens with zero attached hydrogens (tertiary/aromatic N) is 2. The fourth-order valence-electron chi connectivity index (χ4n) is 3.26. The molecule has 0 spiro atoms. The van der Waals surface area contributed by atoms with Crippen LogP contribution in [0.15, 0.2) is 24.3 Å². The third-order valence-electron chi connectivity index (χ3n) is 4.59. The molecule has 0 aliphatic heterocycles. The molecule has 1 aromatic rings. The average Bonchev–Trinajstić information content (AvgIpc) is 2.67. The summed E-state index contributed by atoms with van der Waals surface area (Å²) in [5.74, 6) is -3.46. The minimum absolute atomic E-state index is 0.122. The average molecular weight is 437 g/mol. The number of nitrogens with one attached hydrogen (secondary N) is 1. The third kappa shape index (κ3) is 10.6. The van der Waals surface area contributed by atoms with E-state index in [4.69, 9.17) is 0 Å². The Bertz CT molecular complexity index is 736. The van der Waals surface area contributed by atoms with Gasteiger partial charge < -0.3 is 20.6 Å². The first-order valence-electron chi connectivity index (χ1n) is 10.1. The summed E-state index contributed by atoms with van der Waals surface area (Å²) in [6.45, 7) is 3.16. The molecule has 0 heterocycles. The Labute approximate surface area is 181 Å². The van der Waals surface area contributed by atoms with E-state index in [0.717, 1.165) is 5.56 Å². The van der Waals surface area contributed by atoms with Crippen LogP contribution in [0.4, 0.5) is 5.69 Å². The van der Waals surface area contributed by atoms with Gasteiger partial charge in [0.2, 0.25) is 5.91 Å². The van der Waals surface area contributed by atoms with Gasteiger partial charge in [0.15, 0.2) is 0 Å². The first-order chi connectivity index (χ1) is 14.6. The van der Waals surface area contributed by atoms with E-state index < -0.39 is 37.0 Å². The highest BCUT2D eigenvalue weighted by molar-refractivity contribution is 5.90. The van der Waals surface area contributed by atoms with Crippen molar-refractivity contribution in [2.45, 2.75) is 39.2 Å². The molecule has 1 amide bonds. The number of aliphatic carboxylic acids is 3. The molecule has 0 saturated carbocycles. The van der Waals surface area contributed by atoms with E-state index >= 15 is 0 Å². The Hall–Kier alpha value is -2.98. The maximum absolute atomic E-state index is 11.5. The second-order valence-corrected chi connectivity index (χ2v) is 7.28. The van der Waals surface area contributed by atoms with E-state index in [9.17, 15) is 34.5 Å². The van der Waals surface area contributed by atoms with E-state index in [1.54, 1.807) is 36.1 Å². The maximum atomic E-state index is 11.5. The summed E-state index contributed by atoms with van der Waals surface area (Å²) >= 11 is 0. The topological polar surface area (TPSA) is 147 Å². The first kappa shape index (κ1) is 26.1. The zero-order valence-electron chi connectivity index (χ0n) is 17.9. The van der Waals surface area contributed by atoms with Gasteiger partial charge in [0, 0.05) is 24.7 Å². The molecule has 1 atom stereocenters. The molecule has 0 saturated heterocycles. The predicted octanol–water partition coefficient (Wildman–Crippen LogP) is 1.21. The Balaban J connectivity index is 3.11. The maximum Gasteiger partial charge on any atom is 0.317 e. The molecule has 0 fully saturated rings. The van der Waals surface area contributed by atoms with Crippen molar-refractivity contribution in [1.29, 1.82) is 0 Å². The number of carboxylic acids is 3. The lowest BCUT2D eigenvalue weighted by atomic mass is 10.0. The summed E-state index contributed by atoms with van der Waals surface area (Å²) < 4.78 is 0. The van der Waals surface area contributed by atoms with E-state index in [1.165, 1.54) is 4.90 Å². The quantitative estimate of drug-likeness (QED) is 0.318. The Morgan fingerprint density at radius 1 is 0.903 bits per heavy atom. The van der Waals surface area contributed by atoms with E-state index in [2.05, 4.69) is 5.32 Å². The number of anilines is 1. The lowest BCUT2D eigenvalue weighted by Crippen LogP contribution is -2.50. The van der Waals surface area contributed by atoms with Crippen LogP contribution < -0.4 is 5.32 Å². The van der Waals surface area contributed by atoms with Crippen molar-refractivity contribution < 1.29 is 34.5 Å². The largest absolute Gasteiger partial charge is 0.480 e. The van der Waals surface area contributed by atoms with E-state index in [0.29, 0.717) is 31.5 Å². The molecule has 172 valence electrons. The number of rotatable bonds is 15. The molecule has 1 aromatic carbocycles. The van der Waals surface area contributed by atoms with Crippen molar-refractivity contribution >= 4 is 29.5 Å². The molecule has 1 rings (SSSR count). The predicted molar refractivity (Wildman–Crippen MR) is 114 cm³/mol. The van der Waals surface area contributed by atoms with Crippen molar-refractivity contribution in [3.63, 3.8) is 0 Å². The Morgan fingerprint density at radius 3 is 1.90 bits per heavy atom. The van der Waals surface area contributed by atoms with Crippen molar-refractivity contribution in [3.8, 4) is 0 Å². The van der Waals surface area contributed by atoms with Crippen LogP contribution in [0.1, 0.15) is 32.3 Å². The SMILES string of the molecule is CCCN(CC(=O)O)CC(Cc1ccc(NC(=O)CC)cc1)N(CC(=O)O)CC(=O)O. The second kappa shape index (κ2) is 13.3. The van der Waals surface area contributed by atoms with Crippen LogP contribution >= 0.6 is 0 Å². The number of hydrogen-bond acceptors (Lipinski definition) is 6. The van der Waals surface area contributed by atoms with Crippen LogP contribution in [0.5, 0.6) is 0 Å². The molecular formula is C21H31N3O7. The van der Waals surface area contributed by atoms with Gasteiger partial charge in [-0.05, 0) is 37.1 Å². The monoisotopic (exact) mass is 437 g/mol. The van der Waals surface area contributed by atoms with Crippen molar-refractivity contribution in [1.82, 2.24) is 9.80 Å². The highest BCUT2D eigenvalue weighted by Gasteiger charge is 2.26. The summed E-state index contributed by atoms with van der Waals surface area (Å²) in [6.07, 6.45) is 1.37. The lowest BCUT2D eigenvalue weighted by molar-refractivity contribution is -0.144. The molecule has 4 N–H and O–H groups in total. The molecule has 10 heteroatoms. The third-order valence-corrected chi connectivity index (χ3v) is 4.59. The molecule has 0 bridgehead atoms. The number of hydrogen-bond donors (Lipinski definition) is 4. The fraction of sp³-hybridized carbons (Fsp3) is 0.524. The number of amides is 1. The highest BCUT2D eigenvalue weighted by atomic mass is 16.4. The molecule has 0 aromatic heterocycles. The Kier molecular flexibility index (Phi) is 11.2. The minimum Gasteiger partial charge on any atom is -0.480 e. The first-order valence-corrected chi connectivity index (χ1v) is 10.1. The fourth-order valence-corrected chi connectivity index (χ4v) is 3.26. The summed E-state index contributed by atoms with van der Waals surface area (Å²) in [6, 6.07) is 6.47. The molecule has 0 aliphatic carbocycles. The molecular weight excluding hydrogens is 406 g/mol. The summed E-state index contributed by atoms with van der Waals surface area (Å²) in [7, 11) is 0. The van der Waals surface area contributed by atoms with E-state index in [1.807, 2.05) is 6.92 Å². The summed E-state index contributed by atoms with van der Waals surface area (Å²) in [4.78, 5) is 48.4. The van der Waals surface area contributed by atoms with Gasteiger partial charge in [0.1, 0.15) is 0 Å². The minimum atomic E-state index is -1.16. The zero-order valence-corrected chi connectivity index (χ0v) is 17.9. The van der Waals surface area contributed by atoms with Crippen LogP contribution in [0.2, 0.25) is 0 Å². The van der Waals surface area contributed by atoms with Crippen molar-refractivity contribution in [3.05, 3.63) is 29.8 Å². The van der Waals surface area contributed by atoms with Gasteiger partial charge in [-0.15, -0.1) is 0 Å². The number of carbonyl (C=O) groups is 4. The number of benzene rings is 1. The lowest BCUT2D eigenvalue weighted by Gasteiger charge is -2.33. The van der Waals surface area contributed by atoms with Crippen LogP contribution in [0, 0.1) is 0 Å². The van der Waals surface area contributed by atoms with Gasteiger partial charge in [-0.3, -0.25) is 29.0 Å². The van der Waals surface area contributed by atoms with Crippen molar-refractivity contribution in [2.75, 3.05) is 38.0 Å². The smallest absolute Gasteiger partial charge is 0.317 e. The second-order valence-electron chi connectivity index (χ2n) is 7.28.